The van der Waals surface area contributed by atoms with Gasteiger partial charge in [-0.2, -0.15) is 5.26 Å². The SMILES string of the molecule is CC(CO)Oc1ccc(C#N)cc1. The minimum atomic E-state index is -0.215. The fourth-order valence-electron chi connectivity index (χ4n) is 0.878. The molecule has 3 nitrogen and oxygen atoms in total. The number of benzene rings is 1. The van der Waals surface area contributed by atoms with Gasteiger partial charge in [0.2, 0.25) is 0 Å². The first-order valence-corrected chi connectivity index (χ1v) is 4.04. The van der Waals surface area contributed by atoms with Crippen molar-refractivity contribution < 1.29 is 9.84 Å². The lowest BCUT2D eigenvalue weighted by molar-refractivity contribution is 0.130. The fourth-order valence-corrected chi connectivity index (χ4v) is 0.878. The average Bonchev–Trinajstić information content (AvgIpc) is 2.19. The van der Waals surface area contributed by atoms with Crippen molar-refractivity contribution in [3.63, 3.8) is 0 Å². The number of hydrogen-bond donors (Lipinski definition) is 1. The van der Waals surface area contributed by atoms with Gasteiger partial charge < -0.3 is 9.84 Å². The summed E-state index contributed by atoms with van der Waals surface area (Å²) in [4.78, 5) is 0. The van der Waals surface area contributed by atoms with Gasteiger partial charge in [-0.25, -0.2) is 0 Å². The van der Waals surface area contributed by atoms with Crippen LogP contribution in [0.15, 0.2) is 24.3 Å². The summed E-state index contributed by atoms with van der Waals surface area (Å²) in [6, 6.07) is 8.80. The second kappa shape index (κ2) is 4.48. The number of nitrogens with zero attached hydrogens (tertiary/aromatic N) is 1. The quantitative estimate of drug-likeness (QED) is 0.757. The highest BCUT2D eigenvalue weighted by Gasteiger charge is 2.00. The Morgan fingerprint density at radius 1 is 1.46 bits per heavy atom. The Morgan fingerprint density at radius 2 is 2.08 bits per heavy atom. The molecule has 68 valence electrons. The Labute approximate surface area is 77.2 Å². The fraction of sp³-hybridized carbons (Fsp3) is 0.300. The Hall–Kier alpha value is -1.53. The third-order valence-corrected chi connectivity index (χ3v) is 1.58. The van der Waals surface area contributed by atoms with Crippen molar-refractivity contribution in [1.29, 1.82) is 5.26 Å². The highest BCUT2D eigenvalue weighted by Crippen LogP contribution is 2.12. The Bertz CT molecular complexity index is 300. The predicted octanol–water partition coefficient (Wildman–Crippen LogP) is 1.32. The van der Waals surface area contributed by atoms with Gasteiger partial charge >= 0.3 is 0 Å². The van der Waals surface area contributed by atoms with Gasteiger partial charge in [0.15, 0.2) is 0 Å². The Balaban J connectivity index is 2.65. The number of hydrogen-bond acceptors (Lipinski definition) is 3. The van der Waals surface area contributed by atoms with Gasteiger partial charge in [-0.05, 0) is 31.2 Å². The van der Waals surface area contributed by atoms with Crippen LogP contribution in [0, 0.1) is 11.3 Å². The van der Waals surface area contributed by atoms with Crippen LogP contribution in [0.1, 0.15) is 12.5 Å². The van der Waals surface area contributed by atoms with Crippen molar-refractivity contribution in [1.82, 2.24) is 0 Å². The molecule has 0 aromatic heterocycles. The number of ether oxygens (including phenoxy) is 1. The van der Waals surface area contributed by atoms with Crippen LogP contribution in [0.5, 0.6) is 5.75 Å². The smallest absolute Gasteiger partial charge is 0.119 e. The summed E-state index contributed by atoms with van der Waals surface area (Å²) in [7, 11) is 0. The number of nitriles is 1. The molecule has 1 rings (SSSR count). The van der Waals surface area contributed by atoms with E-state index in [2.05, 4.69) is 0 Å². The van der Waals surface area contributed by atoms with E-state index in [4.69, 9.17) is 15.1 Å². The molecular weight excluding hydrogens is 166 g/mol. The molecular formula is C10H11NO2. The molecule has 1 aromatic carbocycles. The van der Waals surface area contributed by atoms with E-state index >= 15 is 0 Å². The molecule has 0 heterocycles. The van der Waals surface area contributed by atoms with E-state index in [0.717, 1.165) is 0 Å². The summed E-state index contributed by atoms with van der Waals surface area (Å²) in [5.74, 6) is 0.667. The van der Waals surface area contributed by atoms with Crippen molar-refractivity contribution in [3.8, 4) is 11.8 Å². The number of aliphatic hydroxyl groups excluding tert-OH is 1. The van der Waals surface area contributed by atoms with Crippen LogP contribution in [-0.4, -0.2) is 17.8 Å². The molecule has 1 unspecified atom stereocenters. The van der Waals surface area contributed by atoms with Gasteiger partial charge in [0.25, 0.3) is 0 Å². The van der Waals surface area contributed by atoms with Gasteiger partial charge in [-0.1, -0.05) is 0 Å². The molecule has 0 aliphatic heterocycles. The summed E-state index contributed by atoms with van der Waals surface area (Å²) < 4.78 is 5.30. The second-order valence-corrected chi connectivity index (χ2v) is 2.75. The van der Waals surface area contributed by atoms with E-state index in [9.17, 15) is 0 Å². The summed E-state index contributed by atoms with van der Waals surface area (Å²) in [6.45, 7) is 1.76. The van der Waals surface area contributed by atoms with Crippen LogP contribution in [-0.2, 0) is 0 Å². The highest BCUT2D eigenvalue weighted by atomic mass is 16.5. The molecule has 1 N–H and O–H groups in total. The normalized spacial score (nSPS) is 11.8. The predicted molar refractivity (Wildman–Crippen MR) is 48.3 cm³/mol. The Morgan fingerprint density at radius 3 is 2.54 bits per heavy atom. The van der Waals surface area contributed by atoms with Crippen LogP contribution in [0.4, 0.5) is 0 Å². The highest BCUT2D eigenvalue weighted by molar-refractivity contribution is 5.34. The first-order valence-electron chi connectivity index (χ1n) is 4.04. The molecule has 3 heteroatoms. The molecule has 0 saturated carbocycles. The van der Waals surface area contributed by atoms with E-state index in [1.165, 1.54) is 0 Å². The van der Waals surface area contributed by atoms with Crippen LogP contribution < -0.4 is 4.74 Å². The summed E-state index contributed by atoms with van der Waals surface area (Å²) in [6.07, 6.45) is -0.215. The lowest BCUT2D eigenvalue weighted by atomic mass is 10.2. The molecule has 13 heavy (non-hydrogen) atoms. The molecule has 0 radical (unpaired) electrons. The third kappa shape index (κ3) is 2.77. The van der Waals surface area contributed by atoms with Crippen molar-refractivity contribution in [2.45, 2.75) is 13.0 Å². The largest absolute Gasteiger partial charge is 0.488 e. The van der Waals surface area contributed by atoms with Crippen molar-refractivity contribution in [2.75, 3.05) is 6.61 Å². The zero-order chi connectivity index (χ0) is 9.68. The minimum Gasteiger partial charge on any atom is -0.488 e. The van der Waals surface area contributed by atoms with Gasteiger partial charge in [-0.15, -0.1) is 0 Å². The topological polar surface area (TPSA) is 53.2 Å². The van der Waals surface area contributed by atoms with Crippen LogP contribution in [0.3, 0.4) is 0 Å². The molecule has 0 bridgehead atoms. The lowest BCUT2D eigenvalue weighted by Crippen LogP contribution is -2.15. The summed E-state index contributed by atoms with van der Waals surface area (Å²) in [5, 5.41) is 17.2. The van der Waals surface area contributed by atoms with Crippen molar-refractivity contribution in [2.24, 2.45) is 0 Å². The van der Waals surface area contributed by atoms with Gasteiger partial charge in [-0.3, -0.25) is 0 Å². The third-order valence-electron chi connectivity index (χ3n) is 1.58. The zero-order valence-corrected chi connectivity index (χ0v) is 7.40. The number of aliphatic hydroxyl groups is 1. The molecule has 0 amide bonds. The Kier molecular flexibility index (Phi) is 3.30. The van der Waals surface area contributed by atoms with Crippen molar-refractivity contribution >= 4 is 0 Å². The van der Waals surface area contributed by atoms with Crippen molar-refractivity contribution in [3.05, 3.63) is 29.8 Å². The van der Waals surface area contributed by atoms with E-state index in [1.54, 1.807) is 31.2 Å². The molecule has 1 atom stereocenters. The van der Waals surface area contributed by atoms with E-state index < -0.39 is 0 Å². The maximum atomic E-state index is 8.72. The maximum Gasteiger partial charge on any atom is 0.119 e. The molecule has 0 spiro atoms. The first kappa shape index (κ1) is 9.56. The van der Waals surface area contributed by atoms with Crippen LogP contribution in [0.25, 0.3) is 0 Å². The van der Waals surface area contributed by atoms with E-state index in [-0.39, 0.29) is 12.7 Å². The maximum absolute atomic E-state index is 8.72. The lowest BCUT2D eigenvalue weighted by Gasteiger charge is -2.11. The molecule has 1 aromatic rings. The van der Waals surface area contributed by atoms with E-state index in [1.807, 2.05) is 6.07 Å². The summed E-state index contributed by atoms with van der Waals surface area (Å²) >= 11 is 0. The molecule has 0 aliphatic rings. The second-order valence-electron chi connectivity index (χ2n) is 2.75. The monoisotopic (exact) mass is 177 g/mol. The van der Waals surface area contributed by atoms with Crippen LogP contribution in [0.2, 0.25) is 0 Å². The zero-order valence-electron chi connectivity index (χ0n) is 7.40. The van der Waals surface area contributed by atoms with E-state index in [0.29, 0.717) is 11.3 Å². The molecule has 0 saturated heterocycles. The standard InChI is InChI=1S/C10H11NO2/c1-8(7-12)13-10-4-2-9(6-11)3-5-10/h2-5,8,12H,7H2,1H3. The van der Waals surface area contributed by atoms with Gasteiger partial charge in [0.05, 0.1) is 18.2 Å². The summed E-state index contributed by atoms with van der Waals surface area (Å²) in [5.41, 5.74) is 0.601. The first-order chi connectivity index (χ1) is 6.26. The van der Waals surface area contributed by atoms with Gasteiger partial charge in [0, 0.05) is 0 Å². The molecule has 0 aliphatic carbocycles. The van der Waals surface area contributed by atoms with Crippen LogP contribution >= 0.6 is 0 Å². The number of rotatable bonds is 3. The van der Waals surface area contributed by atoms with Gasteiger partial charge in [0.1, 0.15) is 11.9 Å². The molecule has 0 fully saturated rings. The minimum absolute atomic E-state index is 0.0139. The average molecular weight is 177 g/mol.